The molecule has 1 unspecified atom stereocenters. The second kappa shape index (κ2) is 6.69. The molecule has 1 aromatic rings. The Labute approximate surface area is 127 Å². The third-order valence-corrected chi connectivity index (χ3v) is 4.10. The Balaban J connectivity index is 2.19. The van der Waals surface area contributed by atoms with E-state index in [0.29, 0.717) is 37.9 Å². The van der Waals surface area contributed by atoms with Crippen LogP contribution in [0, 0.1) is 0 Å². The summed E-state index contributed by atoms with van der Waals surface area (Å²) in [5.74, 6) is -0.730. The highest BCUT2D eigenvalue weighted by Crippen LogP contribution is 2.32. The number of nitrogens with zero attached hydrogens (tertiary/aromatic N) is 1. The lowest BCUT2D eigenvalue weighted by molar-refractivity contribution is -0.138. The van der Waals surface area contributed by atoms with Crippen LogP contribution in [0.25, 0.3) is 0 Å². The molecular formula is C16H20F3NO2. The molecule has 1 atom stereocenters. The van der Waals surface area contributed by atoms with Gasteiger partial charge in [0.15, 0.2) is 0 Å². The highest BCUT2D eigenvalue weighted by Gasteiger charge is 2.33. The number of piperidine rings is 1. The lowest BCUT2D eigenvalue weighted by Gasteiger charge is -2.32. The van der Waals surface area contributed by atoms with E-state index in [9.17, 15) is 23.1 Å². The second-order valence-electron chi connectivity index (χ2n) is 5.64. The second-order valence-corrected chi connectivity index (χ2v) is 5.64. The molecule has 1 amide bonds. The first-order chi connectivity index (χ1) is 10.3. The normalized spacial score (nSPS) is 18.3. The van der Waals surface area contributed by atoms with Gasteiger partial charge in [-0.1, -0.05) is 25.1 Å². The minimum absolute atomic E-state index is 0.159. The van der Waals surface area contributed by atoms with Crippen molar-refractivity contribution in [2.24, 2.45) is 0 Å². The number of aliphatic hydroxyl groups is 1. The van der Waals surface area contributed by atoms with Crippen molar-refractivity contribution in [2.45, 2.75) is 44.4 Å². The highest BCUT2D eigenvalue weighted by atomic mass is 19.4. The van der Waals surface area contributed by atoms with Crippen LogP contribution >= 0.6 is 0 Å². The molecule has 1 fully saturated rings. The number of carbonyl (C=O) groups excluding carboxylic acids is 1. The number of hydrogen-bond donors (Lipinski definition) is 1. The molecule has 0 bridgehead atoms. The number of rotatable bonds is 3. The molecular weight excluding hydrogens is 295 g/mol. The van der Waals surface area contributed by atoms with Crippen molar-refractivity contribution in [1.29, 1.82) is 0 Å². The maximum Gasteiger partial charge on any atom is 0.416 e. The molecule has 0 aliphatic carbocycles. The molecule has 0 spiro atoms. The SMILES string of the molecule is CCC(C(=O)N1CCC(O)CC1)c1cccc(C(F)(F)F)c1. The van der Waals surface area contributed by atoms with Crippen LogP contribution in [0.5, 0.6) is 0 Å². The van der Waals surface area contributed by atoms with Crippen LogP contribution in [0.3, 0.4) is 0 Å². The summed E-state index contributed by atoms with van der Waals surface area (Å²) in [5.41, 5.74) is -0.334. The molecule has 3 nitrogen and oxygen atoms in total. The molecule has 1 aliphatic rings. The number of alkyl halides is 3. The van der Waals surface area contributed by atoms with Gasteiger partial charge in [-0.25, -0.2) is 0 Å². The number of aliphatic hydroxyl groups excluding tert-OH is 1. The first kappa shape index (κ1) is 16.8. The van der Waals surface area contributed by atoms with E-state index in [4.69, 9.17) is 0 Å². The summed E-state index contributed by atoms with van der Waals surface area (Å²) < 4.78 is 38.4. The average molecular weight is 315 g/mol. The van der Waals surface area contributed by atoms with Gasteiger partial charge in [0.05, 0.1) is 17.6 Å². The zero-order chi connectivity index (χ0) is 16.3. The summed E-state index contributed by atoms with van der Waals surface area (Å²) in [4.78, 5) is 14.2. The Kier molecular flexibility index (Phi) is 5.11. The molecule has 1 N–H and O–H groups in total. The third kappa shape index (κ3) is 3.80. The number of carbonyl (C=O) groups is 1. The largest absolute Gasteiger partial charge is 0.416 e. The van der Waals surface area contributed by atoms with Crippen LogP contribution in [0.1, 0.15) is 43.2 Å². The van der Waals surface area contributed by atoms with Crippen LogP contribution in [-0.2, 0) is 11.0 Å². The molecule has 0 aromatic heterocycles. The quantitative estimate of drug-likeness (QED) is 0.930. The van der Waals surface area contributed by atoms with Crippen molar-refractivity contribution in [3.63, 3.8) is 0 Å². The maximum absolute atomic E-state index is 12.8. The van der Waals surface area contributed by atoms with E-state index in [-0.39, 0.29) is 5.91 Å². The number of hydrogen-bond acceptors (Lipinski definition) is 2. The fraction of sp³-hybridized carbons (Fsp3) is 0.562. The molecule has 1 saturated heterocycles. The fourth-order valence-electron chi connectivity index (χ4n) is 2.79. The predicted octanol–water partition coefficient (Wildman–Crippen LogP) is 3.18. The molecule has 22 heavy (non-hydrogen) atoms. The summed E-state index contributed by atoms with van der Waals surface area (Å²) in [5, 5.41) is 9.48. The molecule has 122 valence electrons. The molecule has 1 aromatic carbocycles. The van der Waals surface area contributed by atoms with Gasteiger partial charge in [-0.05, 0) is 30.9 Å². The number of likely N-dealkylation sites (tertiary alicyclic amines) is 1. The van der Waals surface area contributed by atoms with Gasteiger partial charge in [0, 0.05) is 13.1 Å². The van der Waals surface area contributed by atoms with Gasteiger partial charge in [0.2, 0.25) is 5.91 Å². The van der Waals surface area contributed by atoms with Crippen LogP contribution in [-0.4, -0.2) is 35.1 Å². The topological polar surface area (TPSA) is 40.5 Å². The summed E-state index contributed by atoms with van der Waals surface area (Å²) >= 11 is 0. The van der Waals surface area contributed by atoms with E-state index < -0.39 is 23.8 Å². The van der Waals surface area contributed by atoms with E-state index in [1.807, 2.05) is 0 Å². The molecule has 6 heteroatoms. The molecule has 1 heterocycles. The Bertz CT molecular complexity index is 522. The highest BCUT2D eigenvalue weighted by molar-refractivity contribution is 5.83. The molecule has 0 radical (unpaired) electrons. The van der Waals surface area contributed by atoms with Crippen LogP contribution in [0.4, 0.5) is 13.2 Å². The van der Waals surface area contributed by atoms with Crippen LogP contribution < -0.4 is 0 Å². The first-order valence-corrected chi connectivity index (χ1v) is 7.47. The number of amides is 1. The van der Waals surface area contributed by atoms with Gasteiger partial charge in [-0.3, -0.25) is 4.79 Å². The first-order valence-electron chi connectivity index (χ1n) is 7.47. The molecule has 2 rings (SSSR count). The lowest BCUT2D eigenvalue weighted by atomic mass is 9.92. The number of halogens is 3. The van der Waals surface area contributed by atoms with Gasteiger partial charge >= 0.3 is 6.18 Å². The molecule has 0 saturated carbocycles. The van der Waals surface area contributed by atoms with Crippen molar-refractivity contribution in [1.82, 2.24) is 4.90 Å². The Morgan fingerprint density at radius 1 is 1.36 bits per heavy atom. The number of benzene rings is 1. The summed E-state index contributed by atoms with van der Waals surface area (Å²) in [7, 11) is 0. The standard InChI is InChI=1S/C16H20F3NO2/c1-2-14(15(22)20-8-6-13(21)7-9-20)11-4-3-5-12(10-11)16(17,18)19/h3-5,10,13-14,21H,2,6-9H2,1H3. The summed E-state index contributed by atoms with van der Waals surface area (Å²) in [6.45, 7) is 2.70. The van der Waals surface area contributed by atoms with E-state index >= 15 is 0 Å². The van der Waals surface area contributed by atoms with Crippen molar-refractivity contribution >= 4 is 5.91 Å². The van der Waals surface area contributed by atoms with E-state index in [0.717, 1.165) is 12.1 Å². The monoisotopic (exact) mass is 315 g/mol. The van der Waals surface area contributed by atoms with Crippen molar-refractivity contribution in [2.75, 3.05) is 13.1 Å². The van der Waals surface area contributed by atoms with Gasteiger partial charge in [0.25, 0.3) is 0 Å². The Morgan fingerprint density at radius 3 is 2.55 bits per heavy atom. The van der Waals surface area contributed by atoms with Crippen LogP contribution in [0.15, 0.2) is 24.3 Å². The smallest absolute Gasteiger partial charge is 0.393 e. The third-order valence-electron chi connectivity index (χ3n) is 4.10. The van der Waals surface area contributed by atoms with Gasteiger partial charge < -0.3 is 10.0 Å². The minimum atomic E-state index is -4.41. The zero-order valence-corrected chi connectivity index (χ0v) is 12.4. The summed E-state index contributed by atoms with van der Waals surface area (Å²) in [6, 6.07) is 4.98. The van der Waals surface area contributed by atoms with Gasteiger partial charge in [0.1, 0.15) is 0 Å². The van der Waals surface area contributed by atoms with E-state index in [1.165, 1.54) is 6.07 Å². The van der Waals surface area contributed by atoms with Crippen molar-refractivity contribution in [3.05, 3.63) is 35.4 Å². The van der Waals surface area contributed by atoms with Gasteiger partial charge in [-0.2, -0.15) is 13.2 Å². The maximum atomic E-state index is 12.8. The molecule has 1 aliphatic heterocycles. The van der Waals surface area contributed by atoms with Crippen molar-refractivity contribution in [3.8, 4) is 0 Å². The lowest BCUT2D eigenvalue weighted by Crippen LogP contribution is -2.42. The van der Waals surface area contributed by atoms with E-state index in [2.05, 4.69) is 0 Å². The Hall–Kier alpha value is -1.56. The predicted molar refractivity (Wildman–Crippen MR) is 76.3 cm³/mol. The van der Waals surface area contributed by atoms with Gasteiger partial charge in [-0.15, -0.1) is 0 Å². The fourth-order valence-corrected chi connectivity index (χ4v) is 2.79. The Morgan fingerprint density at radius 2 is 2.00 bits per heavy atom. The minimum Gasteiger partial charge on any atom is -0.393 e. The summed E-state index contributed by atoms with van der Waals surface area (Å²) in [6.07, 6.45) is -3.32. The van der Waals surface area contributed by atoms with Crippen molar-refractivity contribution < 1.29 is 23.1 Å². The average Bonchev–Trinajstić information content (AvgIpc) is 2.48. The van der Waals surface area contributed by atoms with E-state index in [1.54, 1.807) is 17.9 Å². The van der Waals surface area contributed by atoms with Crippen LogP contribution in [0.2, 0.25) is 0 Å². The zero-order valence-electron chi connectivity index (χ0n) is 12.4.